The molecule has 5 nitrogen and oxygen atoms in total. The van der Waals surface area contributed by atoms with Gasteiger partial charge in [0.25, 0.3) is 5.91 Å². The highest BCUT2D eigenvalue weighted by atomic mass is 19.1. The Hall–Kier alpha value is -2.63. The molecular weight excluding hydrogens is 287 g/mol. The summed E-state index contributed by atoms with van der Waals surface area (Å²) >= 11 is 0. The van der Waals surface area contributed by atoms with Crippen LogP contribution in [0.5, 0.6) is 0 Å². The zero-order valence-electron chi connectivity index (χ0n) is 12.3. The molecule has 0 radical (unpaired) electrons. The average Bonchev–Trinajstić information content (AvgIpc) is 3.00. The first-order chi connectivity index (χ1) is 10.5. The third kappa shape index (κ3) is 3.72. The number of hydrogen-bond acceptors (Lipinski definition) is 3. The van der Waals surface area contributed by atoms with Crippen molar-refractivity contribution in [1.82, 2.24) is 5.32 Å². The molecule has 1 unspecified atom stereocenters. The van der Waals surface area contributed by atoms with Crippen LogP contribution in [0.4, 0.5) is 10.1 Å². The highest BCUT2D eigenvalue weighted by molar-refractivity contribution is 6.00. The molecule has 0 saturated heterocycles. The summed E-state index contributed by atoms with van der Waals surface area (Å²) in [6.07, 6.45) is 1.37. The normalized spacial score (nSPS) is 12.0. The molecule has 2 aromatic rings. The van der Waals surface area contributed by atoms with Crippen molar-refractivity contribution < 1.29 is 18.4 Å². The van der Waals surface area contributed by atoms with Crippen LogP contribution in [-0.4, -0.2) is 17.9 Å². The molecule has 1 heterocycles. The molecule has 1 aromatic carbocycles. The van der Waals surface area contributed by atoms with Gasteiger partial charge in [0.15, 0.2) is 5.76 Å². The SMILES string of the molecule is CC(C)C(NC(=O)c1ccco1)C(=O)Nc1ccccc1F. The standard InChI is InChI=1S/C16H17FN2O3/c1-10(2)14(19-15(20)13-8-5-9-22-13)16(21)18-12-7-4-3-6-11(12)17/h3-10,14H,1-2H3,(H,18,21)(H,19,20). The summed E-state index contributed by atoms with van der Waals surface area (Å²) in [4.78, 5) is 24.3. The Balaban J connectivity index is 2.09. The molecule has 0 aliphatic carbocycles. The van der Waals surface area contributed by atoms with Crippen molar-refractivity contribution in [1.29, 1.82) is 0 Å². The Morgan fingerprint density at radius 3 is 2.45 bits per heavy atom. The molecule has 0 aliphatic rings. The average molecular weight is 304 g/mol. The van der Waals surface area contributed by atoms with E-state index in [1.165, 1.54) is 30.5 Å². The van der Waals surface area contributed by atoms with Gasteiger partial charge in [-0.2, -0.15) is 0 Å². The molecule has 0 bridgehead atoms. The van der Waals surface area contributed by atoms with Crippen LogP contribution in [-0.2, 0) is 4.79 Å². The maximum Gasteiger partial charge on any atom is 0.287 e. The second kappa shape index (κ2) is 6.89. The van der Waals surface area contributed by atoms with Gasteiger partial charge in [-0.15, -0.1) is 0 Å². The van der Waals surface area contributed by atoms with Crippen LogP contribution >= 0.6 is 0 Å². The van der Waals surface area contributed by atoms with Gasteiger partial charge in [-0.1, -0.05) is 26.0 Å². The number of anilines is 1. The molecule has 0 fully saturated rings. The summed E-state index contributed by atoms with van der Waals surface area (Å²) in [7, 11) is 0. The number of hydrogen-bond donors (Lipinski definition) is 2. The number of para-hydroxylation sites is 1. The molecule has 2 rings (SSSR count). The summed E-state index contributed by atoms with van der Waals surface area (Å²) in [5.74, 6) is -1.57. The topological polar surface area (TPSA) is 71.3 Å². The van der Waals surface area contributed by atoms with E-state index >= 15 is 0 Å². The molecule has 22 heavy (non-hydrogen) atoms. The lowest BCUT2D eigenvalue weighted by atomic mass is 10.0. The Morgan fingerprint density at radius 2 is 1.86 bits per heavy atom. The van der Waals surface area contributed by atoms with Crippen molar-refractivity contribution in [2.75, 3.05) is 5.32 Å². The maximum atomic E-state index is 13.6. The third-order valence-corrected chi connectivity index (χ3v) is 3.11. The van der Waals surface area contributed by atoms with Crippen molar-refractivity contribution in [2.24, 2.45) is 5.92 Å². The molecule has 6 heteroatoms. The smallest absolute Gasteiger partial charge is 0.287 e. The molecular formula is C16H17FN2O3. The molecule has 0 saturated carbocycles. The fourth-order valence-corrected chi connectivity index (χ4v) is 1.93. The second-order valence-corrected chi connectivity index (χ2v) is 5.14. The lowest BCUT2D eigenvalue weighted by molar-refractivity contribution is -0.118. The third-order valence-electron chi connectivity index (χ3n) is 3.11. The quantitative estimate of drug-likeness (QED) is 0.892. The van der Waals surface area contributed by atoms with Gasteiger partial charge >= 0.3 is 0 Å². The van der Waals surface area contributed by atoms with Crippen LogP contribution < -0.4 is 10.6 Å². The predicted molar refractivity (Wildman–Crippen MR) is 79.8 cm³/mol. The molecule has 0 spiro atoms. The van der Waals surface area contributed by atoms with Gasteiger partial charge in [-0.3, -0.25) is 9.59 Å². The highest BCUT2D eigenvalue weighted by Gasteiger charge is 2.26. The summed E-state index contributed by atoms with van der Waals surface area (Å²) in [5.41, 5.74) is 0.0744. The van der Waals surface area contributed by atoms with Crippen LogP contribution in [0.1, 0.15) is 24.4 Å². The zero-order chi connectivity index (χ0) is 16.1. The minimum absolute atomic E-state index is 0.0744. The van der Waals surface area contributed by atoms with Crippen LogP contribution in [0.3, 0.4) is 0 Å². The fraction of sp³-hybridized carbons (Fsp3) is 0.250. The van der Waals surface area contributed by atoms with Crippen LogP contribution in [0.15, 0.2) is 47.1 Å². The Labute approximate surface area is 127 Å². The van der Waals surface area contributed by atoms with Crippen LogP contribution in [0, 0.1) is 11.7 Å². The fourth-order valence-electron chi connectivity index (χ4n) is 1.93. The van der Waals surface area contributed by atoms with E-state index in [-0.39, 0.29) is 17.4 Å². The van der Waals surface area contributed by atoms with Crippen molar-refractivity contribution in [3.8, 4) is 0 Å². The summed E-state index contributed by atoms with van der Waals surface area (Å²) in [5, 5.41) is 5.07. The van der Waals surface area contributed by atoms with Gasteiger partial charge in [-0.05, 0) is 30.2 Å². The Bertz CT molecular complexity index is 653. The monoisotopic (exact) mass is 304 g/mol. The van der Waals surface area contributed by atoms with E-state index in [4.69, 9.17) is 4.42 Å². The minimum Gasteiger partial charge on any atom is -0.459 e. The van der Waals surface area contributed by atoms with Crippen molar-refractivity contribution in [3.63, 3.8) is 0 Å². The Morgan fingerprint density at radius 1 is 1.14 bits per heavy atom. The first kappa shape index (κ1) is 15.8. The minimum atomic E-state index is -0.808. The van der Waals surface area contributed by atoms with Gasteiger partial charge in [0.05, 0.1) is 12.0 Å². The van der Waals surface area contributed by atoms with Crippen LogP contribution in [0.2, 0.25) is 0 Å². The number of furan rings is 1. The first-order valence-electron chi connectivity index (χ1n) is 6.89. The summed E-state index contributed by atoms with van der Waals surface area (Å²) < 4.78 is 18.6. The Kier molecular flexibility index (Phi) is 4.93. The van der Waals surface area contributed by atoms with Gasteiger partial charge in [0, 0.05) is 0 Å². The van der Waals surface area contributed by atoms with E-state index in [9.17, 15) is 14.0 Å². The second-order valence-electron chi connectivity index (χ2n) is 5.14. The number of rotatable bonds is 5. The van der Waals surface area contributed by atoms with Crippen LogP contribution in [0.25, 0.3) is 0 Å². The van der Waals surface area contributed by atoms with Crippen molar-refractivity contribution in [3.05, 3.63) is 54.2 Å². The van der Waals surface area contributed by atoms with Gasteiger partial charge in [-0.25, -0.2) is 4.39 Å². The van der Waals surface area contributed by atoms with E-state index in [1.54, 1.807) is 26.0 Å². The molecule has 2 N–H and O–H groups in total. The maximum absolute atomic E-state index is 13.6. The number of carbonyl (C=O) groups excluding carboxylic acids is 2. The van der Waals surface area contributed by atoms with Gasteiger partial charge < -0.3 is 15.1 Å². The van der Waals surface area contributed by atoms with Crippen molar-refractivity contribution >= 4 is 17.5 Å². The summed E-state index contributed by atoms with van der Waals surface area (Å²) in [6, 6.07) is 8.13. The summed E-state index contributed by atoms with van der Waals surface area (Å²) in [6.45, 7) is 3.57. The number of nitrogens with one attached hydrogen (secondary N) is 2. The van der Waals surface area contributed by atoms with E-state index < -0.39 is 23.7 Å². The molecule has 2 amide bonds. The predicted octanol–water partition coefficient (Wildman–Crippen LogP) is 2.81. The van der Waals surface area contributed by atoms with E-state index in [1.807, 2.05) is 0 Å². The molecule has 116 valence electrons. The number of amides is 2. The van der Waals surface area contributed by atoms with E-state index in [0.717, 1.165) is 0 Å². The lowest BCUT2D eigenvalue weighted by Crippen LogP contribution is -2.47. The number of benzene rings is 1. The van der Waals surface area contributed by atoms with E-state index in [2.05, 4.69) is 10.6 Å². The van der Waals surface area contributed by atoms with E-state index in [0.29, 0.717) is 0 Å². The number of carbonyl (C=O) groups is 2. The first-order valence-corrected chi connectivity index (χ1v) is 6.89. The molecule has 1 aromatic heterocycles. The molecule has 0 aliphatic heterocycles. The highest BCUT2D eigenvalue weighted by Crippen LogP contribution is 2.14. The van der Waals surface area contributed by atoms with Gasteiger partial charge in [0.2, 0.25) is 5.91 Å². The number of halogens is 1. The largest absolute Gasteiger partial charge is 0.459 e. The molecule has 1 atom stereocenters. The zero-order valence-corrected chi connectivity index (χ0v) is 12.3. The van der Waals surface area contributed by atoms with Gasteiger partial charge in [0.1, 0.15) is 11.9 Å². The van der Waals surface area contributed by atoms with Crippen molar-refractivity contribution in [2.45, 2.75) is 19.9 Å². The lowest BCUT2D eigenvalue weighted by Gasteiger charge is -2.21.